The highest BCUT2D eigenvalue weighted by atomic mass is 35.5. The standard InChI is InChI=1S/C13H27N3O5S.ClH/c1-15(8-6-13(17)20-2)22(18,19)16-9-4-12(5-10-16)21-11-3-7-14;/h12H,3-11,14H2,1-2H3;1H. The van der Waals surface area contributed by atoms with E-state index < -0.39 is 16.2 Å². The number of nitrogens with two attached hydrogens (primary N) is 1. The number of carbonyl (C=O) groups is 1. The Bertz CT molecular complexity index is 441. The predicted molar refractivity (Wildman–Crippen MR) is 89.6 cm³/mol. The molecular formula is C13H28ClN3O5S. The molecule has 23 heavy (non-hydrogen) atoms. The zero-order valence-electron chi connectivity index (χ0n) is 13.8. The van der Waals surface area contributed by atoms with Crippen LogP contribution in [0, 0.1) is 0 Å². The molecule has 2 N–H and O–H groups in total. The average molecular weight is 374 g/mol. The molecule has 8 nitrogen and oxygen atoms in total. The molecule has 0 aromatic carbocycles. The molecule has 0 bridgehead atoms. The highest BCUT2D eigenvalue weighted by Gasteiger charge is 2.31. The number of rotatable bonds is 9. The fourth-order valence-electron chi connectivity index (χ4n) is 2.23. The lowest BCUT2D eigenvalue weighted by Crippen LogP contribution is -2.47. The number of piperidine rings is 1. The van der Waals surface area contributed by atoms with E-state index in [1.807, 2.05) is 0 Å². The SMILES string of the molecule is COC(=O)CCN(C)S(=O)(=O)N1CCC(OCCCN)CC1.Cl. The number of halogens is 1. The van der Waals surface area contributed by atoms with E-state index in [0.717, 1.165) is 6.42 Å². The van der Waals surface area contributed by atoms with Crippen molar-refractivity contribution in [1.82, 2.24) is 8.61 Å². The van der Waals surface area contributed by atoms with Crippen molar-refractivity contribution in [2.75, 3.05) is 46.9 Å². The minimum absolute atomic E-state index is 0. The Morgan fingerprint density at radius 1 is 1.35 bits per heavy atom. The maximum absolute atomic E-state index is 12.4. The van der Waals surface area contributed by atoms with Crippen LogP contribution in [0.5, 0.6) is 0 Å². The van der Waals surface area contributed by atoms with Crippen molar-refractivity contribution in [2.45, 2.75) is 31.8 Å². The summed E-state index contributed by atoms with van der Waals surface area (Å²) < 4.78 is 37.6. The summed E-state index contributed by atoms with van der Waals surface area (Å²) in [5.41, 5.74) is 5.41. The Morgan fingerprint density at radius 3 is 2.48 bits per heavy atom. The second kappa shape index (κ2) is 11.2. The highest BCUT2D eigenvalue weighted by Crippen LogP contribution is 2.18. The lowest BCUT2D eigenvalue weighted by molar-refractivity contribution is -0.140. The number of ether oxygens (including phenoxy) is 2. The van der Waals surface area contributed by atoms with E-state index >= 15 is 0 Å². The molecule has 0 aromatic rings. The van der Waals surface area contributed by atoms with Crippen molar-refractivity contribution in [1.29, 1.82) is 0 Å². The molecule has 1 saturated heterocycles. The van der Waals surface area contributed by atoms with Crippen LogP contribution in [0.15, 0.2) is 0 Å². The Kier molecular flexibility index (Phi) is 10.9. The largest absolute Gasteiger partial charge is 0.469 e. The topological polar surface area (TPSA) is 102 Å². The van der Waals surface area contributed by atoms with Crippen LogP contribution < -0.4 is 5.73 Å². The normalized spacial score (nSPS) is 17.0. The van der Waals surface area contributed by atoms with Crippen molar-refractivity contribution in [3.05, 3.63) is 0 Å². The monoisotopic (exact) mass is 373 g/mol. The zero-order valence-corrected chi connectivity index (χ0v) is 15.4. The molecular weight excluding hydrogens is 346 g/mol. The zero-order chi connectivity index (χ0) is 16.6. The summed E-state index contributed by atoms with van der Waals surface area (Å²) >= 11 is 0. The molecule has 0 amide bonds. The highest BCUT2D eigenvalue weighted by molar-refractivity contribution is 7.86. The maximum Gasteiger partial charge on any atom is 0.306 e. The number of nitrogens with zero attached hydrogens (tertiary/aromatic N) is 2. The maximum atomic E-state index is 12.4. The summed E-state index contributed by atoms with van der Waals surface area (Å²) in [6, 6.07) is 0. The molecule has 0 aliphatic carbocycles. The van der Waals surface area contributed by atoms with Gasteiger partial charge in [-0.25, -0.2) is 0 Å². The third-order valence-corrected chi connectivity index (χ3v) is 5.67. The Labute approximate surface area is 144 Å². The van der Waals surface area contributed by atoms with E-state index in [4.69, 9.17) is 10.5 Å². The van der Waals surface area contributed by atoms with Crippen LogP contribution in [0.3, 0.4) is 0 Å². The Morgan fingerprint density at radius 2 is 1.96 bits per heavy atom. The molecule has 0 atom stereocenters. The van der Waals surface area contributed by atoms with Gasteiger partial charge in [-0.15, -0.1) is 12.4 Å². The molecule has 0 aromatic heterocycles. The molecule has 0 radical (unpaired) electrons. The fourth-order valence-corrected chi connectivity index (χ4v) is 3.61. The molecule has 138 valence electrons. The smallest absolute Gasteiger partial charge is 0.306 e. The third-order valence-electron chi connectivity index (χ3n) is 3.68. The number of carbonyl (C=O) groups excluding carboxylic acids is 1. The minimum atomic E-state index is -3.53. The first-order valence-corrected chi connectivity index (χ1v) is 8.91. The summed E-state index contributed by atoms with van der Waals surface area (Å²) in [5, 5.41) is 0. The lowest BCUT2D eigenvalue weighted by atomic mass is 10.1. The van der Waals surface area contributed by atoms with E-state index in [2.05, 4.69) is 4.74 Å². The van der Waals surface area contributed by atoms with Gasteiger partial charge in [-0.3, -0.25) is 4.79 Å². The van der Waals surface area contributed by atoms with E-state index in [-0.39, 0.29) is 31.5 Å². The Hall–Kier alpha value is -0.450. The van der Waals surface area contributed by atoms with Crippen LogP contribution >= 0.6 is 12.4 Å². The second-order valence-corrected chi connectivity index (χ2v) is 7.30. The number of hydrogen-bond acceptors (Lipinski definition) is 6. The summed E-state index contributed by atoms with van der Waals surface area (Å²) in [5.74, 6) is -0.422. The van der Waals surface area contributed by atoms with E-state index in [1.165, 1.54) is 22.8 Å². The Balaban J connectivity index is 0.00000484. The van der Waals surface area contributed by atoms with E-state index in [0.29, 0.717) is 39.1 Å². The summed E-state index contributed by atoms with van der Waals surface area (Å²) in [6.45, 7) is 2.18. The van der Waals surface area contributed by atoms with Crippen molar-refractivity contribution in [3.63, 3.8) is 0 Å². The van der Waals surface area contributed by atoms with Crippen molar-refractivity contribution in [2.24, 2.45) is 5.73 Å². The van der Waals surface area contributed by atoms with Gasteiger partial charge in [-0.2, -0.15) is 17.0 Å². The van der Waals surface area contributed by atoms with Gasteiger partial charge >= 0.3 is 5.97 Å². The molecule has 1 aliphatic heterocycles. The second-order valence-electron chi connectivity index (χ2n) is 5.27. The van der Waals surface area contributed by atoms with Gasteiger partial charge in [0.2, 0.25) is 0 Å². The molecule has 1 rings (SSSR count). The van der Waals surface area contributed by atoms with Crippen molar-refractivity contribution < 1.29 is 22.7 Å². The van der Waals surface area contributed by atoms with E-state index in [1.54, 1.807) is 0 Å². The van der Waals surface area contributed by atoms with Crippen molar-refractivity contribution in [3.8, 4) is 0 Å². The number of esters is 1. The summed E-state index contributed by atoms with van der Waals surface area (Å²) in [4.78, 5) is 11.1. The van der Waals surface area contributed by atoms with Gasteiger partial charge in [0, 0.05) is 33.3 Å². The van der Waals surface area contributed by atoms with Crippen LogP contribution in [-0.2, 0) is 24.5 Å². The first kappa shape index (κ1) is 22.6. The average Bonchev–Trinajstić information content (AvgIpc) is 2.52. The molecule has 10 heteroatoms. The molecule has 1 fully saturated rings. The van der Waals surface area contributed by atoms with Crippen LogP contribution in [0.2, 0.25) is 0 Å². The van der Waals surface area contributed by atoms with Crippen LogP contribution in [-0.4, -0.2) is 76.0 Å². The van der Waals surface area contributed by atoms with Gasteiger partial charge in [0.1, 0.15) is 0 Å². The minimum Gasteiger partial charge on any atom is -0.469 e. The first-order chi connectivity index (χ1) is 10.4. The number of hydrogen-bond donors (Lipinski definition) is 1. The van der Waals surface area contributed by atoms with E-state index in [9.17, 15) is 13.2 Å². The fraction of sp³-hybridized carbons (Fsp3) is 0.923. The molecule has 1 aliphatic rings. The van der Waals surface area contributed by atoms with Gasteiger partial charge in [-0.05, 0) is 25.8 Å². The van der Waals surface area contributed by atoms with Gasteiger partial charge in [0.05, 0.1) is 19.6 Å². The summed E-state index contributed by atoms with van der Waals surface area (Å²) in [6.07, 6.45) is 2.31. The third kappa shape index (κ3) is 7.32. The van der Waals surface area contributed by atoms with Crippen LogP contribution in [0.25, 0.3) is 0 Å². The van der Waals surface area contributed by atoms with Gasteiger partial charge in [-0.1, -0.05) is 0 Å². The van der Waals surface area contributed by atoms with Crippen molar-refractivity contribution >= 4 is 28.6 Å². The van der Waals surface area contributed by atoms with Gasteiger partial charge in [0.25, 0.3) is 10.2 Å². The van der Waals surface area contributed by atoms with Gasteiger partial charge in [0.15, 0.2) is 0 Å². The van der Waals surface area contributed by atoms with Crippen LogP contribution in [0.1, 0.15) is 25.7 Å². The van der Waals surface area contributed by atoms with Gasteiger partial charge < -0.3 is 15.2 Å². The molecule has 0 spiro atoms. The quantitative estimate of drug-likeness (QED) is 0.450. The molecule has 0 saturated carbocycles. The summed E-state index contributed by atoms with van der Waals surface area (Å²) in [7, 11) is -0.773. The number of methoxy groups -OCH3 is 1. The van der Waals surface area contributed by atoms with Crippen LogP contribution in [0.4, 0.5) is 0 Å². The molecule has 1 heterocycles. The lowest BCUT2D eigenvalue weighted by Gasteiger charge is -2.33. The molecule has 0 unspecified atom stereocenters. The first-order valence-electron chi connectivity index (χ1n) is 7.51. The predicted octanol–water partition coefficient (Wildman–Crippen LogP) is -0.0223.